The Morgan fingerprint density at radius 3 is 1.59 bits per heavy atom. The lowest BCUT2D eigenvalue weighted by Gasteiger charge is -2.39. The zero-order valence-corrected chi connectivity index (χ0v) is 23.3. The van der Waals surface area contributed by atoms with Crippen LogP contribution in [0.4, 0.5) is 0 Å². The second-order valence-electron chi connectivity index (χ2n) is 10.5. The van der Waals surface area contributed by atoms with Crippen LogP contribution in [0.3, 0.4) is 0 Å². The molecule has 2 aromatic rings. The Kier molecular flexibility index (Phi) is 10.6. The van der Waals surface area contributed by atoms with Crippen LogP contribution >= 0.6 is 20.3 Å². The van der Waals surface area contributed by atoms with Gasteiger partial charge in [-0.25, -0.2) is 0 Å². The Hall–Kier alpha value is -1.24. The molecule has 188 valence electrons. The van der Waals surface area contributed by atoms with E-state index in [1.807, 2.05) is 0 Å². The van der Waals surface area contributed by atoms with Gasteiger partial charge in [0.25, 0.3) is 0 Å². The van der Waals surface area contributed by atoms with E-state index in [2.05, 4.69) is 70.2 Å². The molecule has 0 radical (unpaired) electrons. The first kappa shape index (κ1) is 27.3. The lowest BCUT2D eigenvalue weighted by atomic mass is 9.99. The normalized spacial score (nSPS) is 17.7. The van der Waals surface area contributed by atoms with Crippen LogP contribution in [0.2, 0.25) is 0 Å². The summed E-state index contributed by atoms with van der Waals surface area (Å²) in [5.41, 5.74) is 4.25. The van der Waals surface area contributed by atoms with Gasteiger partial charge >= 0.3 is 0 Å². The van der Waals surface area contributed by atoms with E-state index in [1.54, 1.807) is 5.30 Å². The number of hydrogen-bond donors (Lipinski definition) is 0. The molecule has 2 nitrogen and oxygen atoms in total. The van der Waals surface area contributed by atoms with Crippen molar-refractivity contribution in [3.63, 3.8) is 0 Å². The van der Waals surface area contributed by atoms with Crippen molar-refractivity contribution in [3.05, 3.63) is 42.5 Å². The molecule has 0 amide bonds. The maximum Gasteiger partial charge on any atom is 0.131 e. The fraction of sp³-hybridized carbons (Fsp3) is 0.600. The summed E-state index contributed by atoms with van der Waals surface area (Å²) in [6.07, 6.45) is 14.4. The molecular weight excluding hydrogens is 459 g/mol. The predicted octanol–water partition coefficient (Wildman–Crippen LogP) is 9.12. The first-order valence-corrected chi connectivity index (χ1v) is 14.9. The van der Waals surface area contributed by atoms with Gasteiger partial charge in [0, 0.05) is 0 Å². The number of hydrogen-bond acceptors (Lipinski definition) is 2. The summed E-state index contributed by atoms with van der Waals surface area (Å²) >= 11 is 0. The van der Waals surface area contributed by atoms with Gasteiger partial charge in [-0.1, -0.05) is 76.8 Å². The van der Waals surface area contributed by atoms with Crippen LogP contribution < -0.4 is 14.8 Å². The number of rotatable bonds is 8. The van der Waals surface area contributed by atoms with Gasteiger partial charge in [0.2, 0.25) is 0 Å². The lowest BCUT2D eigenvalue weighted by molar-refractivity contribution is 0.231. The molecule has 2 saturated carbocycles. The summed E-state index contributed by atoms with van der Waals surface area (Å²) in [5.74, 6) is 1.91. The monoisotopic (exact) mass is 502 g/mol. The Morgan fingerprint density at radius 1 is 0.647 bits per heavy atom. The van der Waals surface area contributed by atoms with Crippen molar-refractivity contribution >= 4 is 25.6 Å². The van der Waals surface area contributed by atoms with Crippen LogP contribution in [0.25, 0.3) is 11.1 Å². The first-order valence-electron chi connectivity index (χ1n) is 13.4. The van der Waals surface area contributed by atoms with E-state index < -0.39 is 0 Å². The van der Waals surface area contributed by atoms with Crippen molar-refractivity contribution in [3.8, 4) is 22.6 Å². The van der Waals surface area contributed by atoms with Gasteiger partial charge in [-0.15, -0.1) is 12.4 Å². The molecule has 2 aromatic carbocycles. The van der Waals surface area contributed by atoms with Crippen molar-refractivity contribution in [2.75, 3.05) is 0 Å². The summed E-state index contributed by atoms with van der Waals surface area (Å²) in [5, 5.41) is 1.60. The zero-order chi connectivity index (χ0) is 23.2. The number of halogens is 1. The third-order valence-electron chi connectivity index (χ3n) is 7.10. The summed E-state index contributed by atoms with van der Waals surface area (Å²) < 4.78 is 12.7. The molecule has 2 fully saturated rings. The standard InChI is InChI=1S/C30H43O2P.ClH/c1-22(2)31-27-19-13-20-28(32-23(3)4)30(27)26-18-11-12-21-29(26)33(24-14-7-5-8-15-24)25-16-9-6-10-17-25;/h11-13,18-25H,5-10,14-17H2,1-4H3;1H. The molecule has 0 aromatic heterocycles. The van der Waals surface area contributed by atoms with Crippen LogP contribution in [-0.2, 0) is 0 Å². The van der Waals surface area contributed by atoms with Crippen LogP contribution in [0, 0.1) is 0 Å². The molecule has 0 N–H and O–H groups in total. The van der Waals surface area contributed by atoms with Crippen LogP contribution in [-0.4, -0.2) is 23.5 Å². The van der Waals surface area contributed by atoms with Gasteiger partial charge in [-0.05, 0) is 87.7 Å². The SMILES string of the molecule is CC(C)Oc1cccc(OC(C)C)c1-c1ccccc1P(C1CCCCC1)C1CCCCC1.Cl. The molecule has 34 heavy (non-hydrogen) atoms. The average Bonchev–Trinajstić information content (AvgIpc) is 2.81. The summed E-state index contributed by atoms with van der Waals surface area (Å²) in [6, 6.07) is 15.6. The van der Waals surface area contributed by atoms with E-state index in [-0.39, 0.29) is 32.5 Å². The molecule has 0 spiro atoms. The Labute approximate surface area is 215 Å². The van der Waals surface area contributed by atoms with Crippen molar-refractivity contribution in [2.45, 2.75) is 115 Å². The zero-order valence-electron chi connectivity index (χ0n) is 21.6. The molecule has 0 bridgehead atoms. The molecule has 0 unspecified atom stereocenters. The lowest BCUT2D eigenvalue weighted by Crippen LogP contribution is -2.27. The predicted molar refractivity (Wildman–Crippen MR) is 151 cm³/mol. The maximum absolute atomic E-state index is 6.37. The summed E-state index contributed by atoms with van der Waals surface area (Å²) in [7, 11) is -0.213. The highest BCUT2D eigenvalue weighted by Gasteiger charge is 2.34. The van der Waals surface area contributed by atoms with Crippen molar-refractivity contribution in [1.29, 1.82) is 0 Å². The van der Waals surface area contributed by atoms with Crippen molar-refractivity contribution in [1.82, 2.24) is 0 Å². The quantitative estimate of drug-likeness (QED) is 0.335. The molecular formula is C30H44ClO2P. The fourth-order valence-corrected chi connectivity index (χ4v) is 9.75. The molecule has 4 rings (SSSR count). The molecule has 0 heterocycles. The minimum atomic E-state index is -0.213. The number of benzene rings is 2. The van der Waals surface area contributed by atoms with Gasteiger partial charge in [0.1, 0.15) is 11.5 Å². The summed E-state index contributed by atoms with van der Waals surface area (Å²) in [6.45, 7) is 8.45. The summed E-state index contributed by atoms with van der Waals surface area (Å²) in [4.78, 5) is 0. The third kappa shape index (κ3) is 6.70. The Balaban J connectivity index is 0.00000324. The van der Waals surface area contributed by atoms with Gasteiger partial charge < -0.3 is 9.47 Å². The van der Waals surface area contributed by atoms with Gasteiger partial charge in [0.05, 0.1) is 17.8 Å². The highest BCUT2D eigenvalue weighted by molar-refractivity contribution is 7.67. The minimum absolute atomic E-state index is 0. The van der Waals surface area contributed by atoms with Gasteiger partial charge in [0.15, 0.2) is 0 Å². The molecule has 4 heteroatoms. The van der Waals surface area contributed by atoms with Crippen molar-refractivity contribution in [2.24, 2.45) is 0 Å². The van der Waals surface area contributed by atoms with E-state index >= 15 is 0 Å². The minimum Gasteiger partial charge on any atom is -0.490 e. The maximum atomic E-state index is 6.37. The highest BCUT2D eigenvalue weighted by atomic mass is 35.5. The molecule has 0 saturated heterocycles. The van der Waals surface area contributed by atoms with E-state index in [9.17, 15) is 0 Å². The molecule has 0 atom stereocenters. The largest absolute Gasteiger partial charge is 0.490 e. The van der Waals surface area contributed by atoms with E-state index in [0.29, 0.717) is 0 Å². The van der Waals surface area contributed by atoms with Gasteiger partial charge in [-0.2, -0.15) is 0 Å². The Morgan fingerprint density at radius 2 is 1.12 bits per heavy atom. The van der Waals surface area contributed by atoms with E-state index in [0.717, 1.165) is 28.4 Å². The highest BCUT2D eigenvalue weighted by Crippen LogP contribution is 2.57. The second-order valence-corrected chi connectivity index (χ2v) is 13.2. The smallest absolute Gasteiger partial charge is 0.131 e. The molecule has 2 aliphatic rings. The van der Waals surface area contributed by atoms with E-state index in [4.69, 9.17) is 9.47 Å². The van der Waals surface area contributed by atoms with Gasteiger partial charge in [-0.3, -0.25) is 0 Å². The van der Waals surface area contributed by atoms with Crippen LogP contribution in [0.1, 0.15) is 91.9 Å². The number of ether oxygens (including phenoxy) is 2. The third-order valence-corrected chi connectivity index (χ3v) is 10.7. The molecule has 2 aliphatic carbocycles. The molecule has 0 aliphatic heterocycles. The van der Waals surface area contributed by atoms with Crippen LogP contribution in [0.15, 0.2) is 42.5 Å². The topological polar surface area (TPSA) is 18.5 Å². The Bertz CT molecular complexity index is 839. The second kappa shape index (κ2) is 13.2. The van der Waals surface area contributed by atoms with Crippen LogP contribution in [0.5, 0.6) is 11.5 Å². The average molecular weight is 503 g/mol. The first-order chi connectivity index (χ1) is 16.0. The van der Waals surface area contributed by atoms with E-state index in [1.165, 1.54) is 69.8 Å². The fourth-order valence-electron chi connectivity index (χ4n) is 5.80. The van der Waals surface area contributed by atoms with Crippen molar-refractivity contribution < 1.29 is 9.47 Å².